The average molecular weight is 337 g/mol. The Morgan fingerprint density at radius 3 is 2.41 bits per heavy atom. The van der Waals surface area contributed by atoms with Gasteiger partial charge in [-0.1, -0.05) is 42.3 Å². The number of hydrogen-bond donors (Lipinski definition) is 2. The van der Waals surface area contributed by atoms with Crippen molar-refractivity contribution < 1.29 is 4.79 Å². The molecule has 0 heterocycles. The van der Waals surface area contributed by atoms with Crippen LogP contribution in [0.3, 0.4) is 0 Å². The Kier molecular flexibility index (Phi) is 5.69. The van der Waals surface area contributed by atoms with Crippen LogP contribution in [0.2, 0.25) is 10.0 Å². The highest BCUT2D eigenvalue weighted by Crippen LogP contribution is 2.25. The molecule has 0 saturated carbocycles. The third-order valence-electron chi connectivity index (χ3n) is 3.33. The van der Waals surface area contributed by atoms with E-state index >= 15 is 0 Å². The maximum atomic E-state index is 12.2. The fourth-order valence-corrected chi connectivity index (χ4v) is 2.44. The van der Waals surface area contributed by atoms with Crippen LogP contribution in [0.4, 0.5) is 11.4 Å². The van der Waals surface area contributed by atoms with Gasteiger partial charge in [-0.15, -0.1) is 0 Å². The molecule has 1 amide bonds. The van der Waals surface area contributed by atoms with E-state index in [2.05, 4.69) is 17.6 Å². The molecule has 2 aromatic rings. The Hall–Kier alpha value is -1.71. The lowest BCUT2D eigenvalue weighted by molar-refractivity contribution is -0.116. The SMILES string of the molecule is CCc1ccc(NC(C)C(=O)Nc2ccc(Cl)cc2Cl)cc1. The van der Waals surface area contributed by atoms with Gasteiger partial charge in [-0.05, 0) is 49.2 Å². The number of aryl methyl sites for hydroxylation is 1. The van der Waals surface area contributed by atoms with E-state index < -0.39 is 0 Å². The van der Waals surface area contributed by atoms with Gasteiger partial charge in [0, 0.05) is 10.7 Å². The van der Waals surface area contributed by atoms with Gasteiger partial charge in [-0.3, -0.25) is 4.79 Å². The van der Waals surface area contributed by atoms with E-state index in [1.165, 1.54) is 5.56 Å². The highest BCUT2D eigenvalue weighted by Gasteiger charge is 2.14. The van der Waals surface area contributed by atoms with E-state index in [1.807, 2.05) is 24.3 Å². The molecule has 2 aromatic carbocycles. The number of benzene rings is 2. The third-order valence-corrected chi connectivity index (χ3v) is 3.88. The van der Waals surface area contributed by atoms with E-state index in [0.29, 0.717) is 15.7 Å². The second-order valence-electron chi connectivity index (χ2n) is 5.03. The van der Waals surface area contributed by atoms with E-state index in [1.54, 1.807) is 25.1 Å². The zero-order chi connectivity index (χ0) is 16.1. The fourth-order valence-electron chi connectivity index (χ4n) is 1.98. The zero-order valence-corrected chi connectivity index (χ0v) is 14.0. The van der Waals surface area contributed by atoms with Gasteiger partial charge in [0.15, 0.2) is 0 Å². The minimum absolute atomic E-state index is 0.163. The van der Waals surface area contributed by atoms with Crippen molar-refractivity contribution in [1.29, 1.82) is 0 Å². The zero-order valence-electron chi connectivity index (χ0n) is 12.5. The van der Waals surface area contributed by atoms with Gasteiger partial charge in [0.2, 0.25) is 5.91 Å². The van der Waals surface area contributed by atoms with Gasteiger partial charge >= 0.3 is 0 Å². The topological polar surface area (TPSA) is 41.1 Å². The molecule has 0 aliphatic heterocycles. The van der Waals surface area contributed by atoms with Crippen molar-refractivity contribution in [2.45, 2.75) is 26.3 Å². The van der Waals surface area contributed by atoms with Gasteiger partial charge in [-0.2, -0.15) is 0 Å². The van der Waals surface area contributed by atoms with E-state index in [9.17, 15) is 4.79 Å². The maximum absolute atomic E-state index is 12.2. The summed E-state index contributed by atoms with van der Waals surface area (Å²) in [7, 11) is 0. The van der Waals surface area contributed by atoms with Gasteiger partial charge in [0.05, 0.1) is 10.7 Å². The summed E-state index contributed by atoms with van der Waals surface area (Å²) in [5.74, 6) is -0.163. The molecule has 1 unspecified atom stereocenters. The van der Waals surface area contributed by atoms with Crippen LogP contribution in [-0.2, 0) is 11.2 Å². The second-order valence-corrected chi connectivity index (χ2v) is 5.87. The molecule has 2 N–H and O–H groups in total. The number of nitrogens with one attached hydrogen (secondary N) is 2. The molecule has 5 heteroatoms. The number of halogens is 2. The molecule has 0 saturated heterocycles. The molecule has 3 nitrogen and oxygen atoms in total. The molecular weight excluding hydrogens is 319 g/mol. The van der Waals surface area contributed by atoms with Crippen LogP contribution in [0, 0.1) is 0 Å². The summed E-state index contributed by atoms with van der Waals surface area (Å²) < 4.78 is 0. The fraction of sp³-hybridized carbons (Fsp3) is 0.235. The van der Waals surface area contributed by atoms with E-state index in [-0.39, 0.29) is 11.9 Å². The summed E-state index contributed by atoms with van der Waals surface area (Å²) in [4.78, 5) is 12.2. The summed E-state index contributed by atoms with van der Waals surface area (Å²) in [5, 5.41) is 6.90. The maximum Gasteiger partial charge on any atom is 0.246 e. The Morgan fingerprint density at radius 1 is 1.14 bits per heavy atom. The Labute approximate surface area is 140 Å². The Bertz CT molecular complexity index is 656. The lowest BCUT2D eigenvalue weighted by atomic mass is 10.1. The first-order valence-corrected chi connectivity index (χ1v) is 7.86. The second kappa shape index (κ2) is 7.52. The molecule has 0 bridgehead atoms. The molecule has 2 rings (SSSR count). The van der Waals surface area contributed by atoms with Crippen molar-refractivity contribution in [1.82, 2.24) is 0 Å². The standard InChI is InChI=1S/C17H18Cl2N2O/c1-3-12-4-7-14(8-5-12)20-11(2)17(22)21-16-9-6-13(18)10-15(16)19/h4-11,20H,3H2,1-2H3,(H,21,22). The highest BCUT2D eigenvalue weighted by molar-refractivity contribution is 6.36. The summed E-state index contributed by atoms with van der Waals surface area (Å²) >= 11 is 11.9. The minimum Gasteiger partial charge on any atom is -0.374 e. The summed E-state index contributed by atoms with van der Waals surface area (Å²) in [5.41, 5.74) is 2.71. The molecule has 1 atom stereocenters. The number of carbonyl (C=O) groups is 1. The van der Waals surface area contributed by atoms with Gasteiger partial charge in [0.1, 0.15) is 6.04 Å². The molecule has 0 aliphatic carbocycles. The molecule has 0 aliphatic rings. The highest BCUT2D eigenvalue weighted by atomic mass is 35.5. The molecule has 22 heavy (non-hydrogen) atoms. The predicted molar refractivity (Wildman–Crippen MR) is 94.0 cm³/mol. The number of carbonyl (C=O) groups excluding carboxylic acids is 1. The number of anilines is 2. The Morgan fingerprint density at radius 2 is 1.82 bits per heavy atom. The normalized spacial score (nSPS) is 11.8. The first kappa shape index (κ1) is 16.7. The van der Waals surface area contributed by atoms with E-state index in [4.69, 9.17) is 23.2 Å². The number of hydrogen-bond acceptors (Lipinski definition) is 2. The van der Waals surface area contributed by atoms with Crippen LogP contribution in [0.5, 0.6) is 0 Å². The van der Waals surface area contributed by atoms with Crippen LogP contribution >= 0.6 is 23.2 Å². The van der Waals surface area contributed by atoms with Crippen molar-refractivity contribution in [3.8, 4) is 0 Å². The first-order valence-electron chi connectivity index (χ1n) is 7.11. The lowest BCUT2D eigenvalue weighted by Crippen LogP contribution is -2.31. The quantitative estimate of drug-likeness (QED) is 0.806. The van der Waals surface area contributed by atoms with Crippen LogP contribution in [0.25, 0.3) is 0 Å². The minimum atomic E-state index is -0.390. The van der Waals surface area contributed by atoms with Gasteiger partial charge in [-0.25, -0.2) is 0 Å². The smallest absolute Gasteiger partial charge is 0.246 e. The molecule has 0 fully saturated rings. The molecule has 0 aromatic heterocycles. The third kappa shape index (κ3) is 4.39. The van der Waals surface area contributed by atoms with Crippen LogP contribution in [-0.4, -0.2) is 11.9 Å². The molecule has 0 spiro atoms. The van der Waals surface area contributed by atoms with Crippen LogP contribution < -0.4 is 10.6 Å². The summed E-state index contributed by atoms with van der Waals surface area (Å²) in [6.45, 7) is 3.90. The summed E-state index contributed by atoms with van der Waals surface area (Å²) in [6.07, 6.45) is 0.991. The number of amides is 1. The molecule has 116 valence electrons. The number of rotatable bonds is 5. The molecule has 0 radical (unpaired) electrons. The van der Waals surface area contributed by atoms with Crippen LogP contribution in [0.15, 0.2) is 42.5 Å². The van der Waals surface area contributed by atoms with Crippen molar-refractivity contribution >= 4 is 40.5 Å². The van der Waals surface area contributed by atoms with Gasteiger partial charge < -0.3 is 10.6 Å². The largest absolute Gasteiger partial charge is 0.374 e. The summed E-state index contributed by atoms with van der Waals surface area (Å²) in [6, 6.07) is 12.6. The van der Waals surface area contributed by atoms with Crippen molar-refractivity contribution in [2.75, 3.05) is 10.6 Å². The van der Waals surface area contributed by atoms with Crippen molar-refractivity contribution in [3.63, 3.8) is 0 Å². The average Bonchev–Trinajstić information content (AvgIpc) is 2.50. The predicted octanol–water partition coefficient (Wildman–Crippen LogP) is 4.99. The lowest BCUT2D eigenvalue weighted by Gasteiger charge is -2.16. The first-order chi connectivity index (χ1) is 10.5. The van der Waals surface area contributed by atoms with Gasteiger partial charge in [0.25, 0.3) is 0 Å². The molecular formula is C17H18Cl2N2O. The van der Waals surface area contributed by atoms with Crippen molar-refractivity contribution in [2.24, 2.45) is 0 Å². The monoisotopic (exact) mass is 336 g/mol. The van der Waals surface area contributed by atoms with Crippen LogP contribution in [0.1, 0.15) is 19.4 Å². The van der Waals surface area contributed by atoms with Crippen molar-refractivity contribution in [3.05, 3.63) is 58.1 Å². The van der Waals surface area contributed by atoms with E-state index in [0.717, 1.165) is 12.1 Å². The Balaban J connectivity index is 1.99.